The Morgan fingerprint density at radius 2 is 1.64 bits per heavy atom. The molecule has 0 aliphatic carbocycles. The van der Waals surface area contributed by atoms with Gasteiger partial charge in [-0.15, -0.1) is 0 Å². The lowest BCUT2D eigenvalue weighted by Crippen LogP contribution is -2.39. The van der Waals surface area contributed by atoms with Gasteiger partial charge in [0.25, 0.3) is 0 Å². The van der Waals surface area contributed by atoms with E-state index in [-0.39, 0.29) is 5.54 Å². The van der Waals surface area contributed by atoms with Crippen LogP contribution in [0.25, 0.3) is 0 Å². The average Bonchev–Trinajstić information content (AvgIpc) is 2.77. The quantitative estimate of drug-likeness (QED) is 0.665. The van der Waals surface area contributed by atoms with Crippen molar-refractivity contribution in [2.45, 2.75) is 5.54 Å². The second-order valence-electron chi connectivity index (χ2n) is 3.89. The van der Waals surface area contributed by atoms with Crippen LogP contribution in [0.4, 0.5) is 0 Å². The van der Waals surface area contributed by atoms with Crippen molar-refractivity contribution < 1.29 is 9.47 Å². The predicted molar refractivity (Wildman–Crippen MR) is 51.6 cm³/mol. The first kappa shape index (κ1) is 8.41. The van der Waals surface area contributed by atoms with E-state index in [4.69, 9.17) is 9.47 Å². The highest BCUT2D eigenvalue weighted by molar-refractivity contribution is 5.26. The number of nitrogens with zero attached hydrogens (tertiary/aromatic N) is 1. The van der Waals surface area contributed by atoms with Crippen LogP contribution in [-0.4, -0.2) is 31.6 Å². The van der Waals surface area contributed by atoms with E-state index in [1.165, 1.54) is 5.56 Å². The molecule has 1 aromatic rings. The molecule has 0 amide bonds. The molecular weight excluding hydrogens is 178 g/mol. The highest BCUT2D eigenvalue weighted by Crippen LogP contribution is 2.37. The van der Waals surface area contributed by atoms with E-state index in [0.717, 1.165) is 13.2 Å². The normalized spacial score (nSPS) is 25.1. The van der Waals surface area contributed by atoms with Gasteiger partial charge in [0.15, 0.2) is 0 Å². The van der Waals surface area contributed by atoms with Gasteiger partial charge in [-0.1, -0.05) is 30.3 Å². The summed E-state index contributed by atoms with van der Waals surface area (Å²) in [7, 11) is 0. The Labute approximate surface area is 83.2 Å². The number of ether oxygens (including phenoxy) is 2. The second kappa shape index (κ2) is 3.05. The van der Waals surface area contributed by atoms with Gasteiger partial charge < -0.3 is 9.47 Å². The lowest BCUT2D eigenvalue weighted by molar-refractivity contribution is 0.0695. The first-order valence-electron chi connectivity index (χ1n) is 4.88. The molecule has 3 rings (SSSR count). The van der Waals surface area contributed by atoms with Crippen molar-refractivity contribution in [3.63, 3.8) is 0 Å². The van der Waals surface area contributed by atoms with Crippen molar-refractivity contribution in [2.24, 2.45) is 0 Å². The first-order chi connectivity index (χ1) is 6.92. The summed E-state index contributed by atoms with van der Waals surface area (Å²) in [6.07, 6.45) is 0. The Morgan fingerprint density at radius 1 is 1.00 bits per heavy atom. The van der Waals surface area contributed by atoms with Gasteiger partial charge in [0.1, 0.15) is 13.5 Å². The maximum absolute atomic E-state index is 5.52. The molecule has 2 heterocycles. The van der Waals surface area contributed by atoms with Crippen LogP contribution >= 0.6 is 0 Å². The Bertz CT molecular complexity index is 315. The molecular formula is C11H13NO2. The molecule has 0 unspecified atom stereocenters. The molecule has 2 saturated heterocycles. The van der Waals surface area contributed by atoms with Crippen LogP contribution in [0.2, 0.25) is 0 Å². The van der Waals surface area contributed by atoms with Crippen molar-refractivity contribution in [2.75, 3.05) is 26.7 Å². The summed E-state index contributed by atoms with van der Waals surface area (Å²) in [5.41, 5.74) is 1.29. The highest BCUT2D eigenvalue weighted by Gasteiger charge is 2.47. The summed E-state index contributed by atoms with van der Waals surface area (Å²) in [5.74, 6) is 0. The van der Waals surface area contributed by atoms with Crippen LogP contribution < -0.4 is 0 Å². The molecule has 0 radical (unpaired) electrons. The fourth-order valence-electron chi connectivity index (χ4n) is 2.26. The van der Waals surface area contributed by atoms with Crippen LogP contribution in [0, 0.1) is 0 Å². The summed E-state index contributed by atoms with van der Waals surface area (Å²) >= 11 is 0. The molecule has 0 N–H and O–H groups in total. The van der Waals surface area contributed by atoms with E-state index < -0.39 is 0 Å². The van der Waals surface area contributed by atoms with E-state index in [1.54, 1.807) is 0 Å². The van der Waals surface area contributed by atoms with Crippen molar-refractivity contribution in [3.05, 3.63) is 35.9 Å². The third-order valence-corrected chi connectivity index (χ3v) is 3.09. The lowest BCUT2D eigenvalue weighted by atomic mass is 9.92. The molecule has 3 nitrogen and oxygen atoms in total. The molecule has 0 bridgehead atoms. The number of hydrogen-bond acceptors (Lipinski definition) is 3. The number of benzene rings is 1. The smallest absolute Gasteiger partial charge is 0.102 e. The average molecular weight is 191 g/mol. The lowest BCUT2D eigenvalue weighted by Gasteiger charge is -2.27. The Morgan fingerprint density at radius 3 is 2.29 bits per heavy atom. The van der Waals surface area contributed by atoms with Gasteiger partial charge in [-0.2, -0.15) is 0 Å². The fraction of sp³-hybridized carbons (Fsp3) is 0.455. The molecule has 0 aromatic heterocycles. The van der Waals surface area contributed by atoms with Gasteiger partial charge in [-0.05, 0) is 5.56 Å². The SMILES string of the molecule is c1ccc(C23COCN2COC3)cc1. The Balaban J connectivity index is 2.03. The number of fused-ring (bicyclic) bond motifs is 1. The molecule has 0 saturated carbocycles. The monoisotopic (exact) mass is 191 g/mol. The van der Waals surface area contributed by atoms with Crippen LogP contribution in [0.15, 0.2) is 30.3 Å². The Kier molecular flexibility index (Phi) is 1.83. The minimum Gasteiger partial charge on any atom is -0.364 e. The second-order valence-corrected chi connectivity index (χ2v) is 3.89. The first-order valence-corrected chi connectivity index (χ1v) is 4.88. The third-order valence-electron chi connectivity index (χ3n) is 3.09. The highest BCUT2D eigenvalue weighted by atomic mass is 16.6. The molecule has 3 heteroatoms. The largest absolute Gasteiger partial charge is 0.364 e. The van der Waals surface area contributed by atoms with E-state index in [9.17, 15) is 0 Å². The summed E-state index contributed by atoms with van der Waals surface area (Å²) in [4.78, 5) is 2.25. The fourth-order valence-corrected chi connectivity index (χ4v) is 2.26. The zero-order valence-corrected chi connectivity index (χ0v) is 7.98. The maximum atomic E-state index is 5.52. The minimum atomic E-state index is -0.0126. The third kappa shape index (κ3) is 1.03. The van der Waals surface area contributed by atoms with Crippen LogP contribution in [0.1, 0.15) is 5.56 Å². The molecule has 1 aromatic carbocycles. The number of rotatable bonds is 1. The standard InChI is InChI=1S/C11H13NO2/c1-2-4-10(5-3-1)11-6-13-8-12(11)9-14-7-11/h1-5H,6-9H2. The summed E-state index contributed by atoms with van der Waals surface area (Å²) < 4.78 is 11.0. The van der Waals surface area contributed by atoms with Crippen LogP contribution in [0.5, 0.6) is 0 Å². The van der Waals surface area contributed by atoms with Crippen molar-refractivity contribution in [3.8, 4) is 0 Å². The zero-order valence-electron chi connectivity index (χ0n) is 7.98. The van der Waals surface area contributed by atoms with Gasteiger partial charge >= 0.3 is 0 Å². The predicted octanol–water partition coefficient (Wildman–Crippen LogP) is 1.16. The summed E-state index contributed by atoms with van der Waals surface area (Å²) in [6, 6.07) is 10.5. The molecule has 2 fully saturated rings. The van der Waals surface area contributed by atoms with Gasteiger partial charge in [0, 0.05) is 0 Å². The van der Waals surface area contributed by atoms with Gasteiger partial charge in [-0.3, -0.25) is 0 Å². The van der Waals surface area contributed by atoms with E-state index in [2.05, 4.69) is 29.2 Å². The molecule has 14 heavy (non-hydrogen) atoms. The molecule has 0 spiro atoms. The Hall–Kier alpha value is -0.900. The van der Waals surface area contributed by atoms with Gasteiger partial charge in [0.2, 0.25) is 0 Å². The van der Waals surface area contributed by atoms with Crippen molar-refractivity contribution in [1.29, 1.82) is 0 Å². The zero-order chi connectivity index (χ0) is 9.43. The summed E-state index contributed by atoms with van der Waals surface area (Å²) in [6.45, 7) is 2.87. The minimum absolute atomic E-state index is 0.0126. The van der Waals surface area contributed by atoms with E-state index in [0.29, 0.717) is 13.5 Å². The van der Waals surface area contributed by atoms with E-state index >= 15 is 0 Å². The molecule has 74 valence electrons. The number of hydrogen-bond donors (Lipinski definition) is 0. The molecule has 2 aliphatic heterocycles. The topological polar surface area (TPSA) is 21.7 Å². The maximum Gasteiger partial charge on any atom is 0.102 e. The van der Waals surface area contributed by atoms with E-state index in [1.807, 2.05) is 6.07 Å². The van der Waals surface area contributed by atoms with Gasteiger partial charge in [0.05, 0.1) is 18.8 Å². The molecule has 0 atom stereocenters. The van der Waals surface area contributed by atoms with Crippen LogP contribution in [0.3, 0.4) is 0 Å². The molecule has 2 aliphatic rings. The van der Waals surface area contributed by atoms with Crippen molar-refractivity contribution in [1.82, 2.24) is 4.90 Å². The van der Waals surface area contributed by atoms with Gasteiger partial charge in [-0.25, -0.2) is 4.90 Å². The van der Waals surface area contributed by atoms with Crippen LogP contribution in [-0.2, 0) is 15.0 Å². The summed E-state index contributed by atoms with van der Waals surface area (Å²) in [5, 5.41) is 0. The van der Waals surface area contributed by atoms with Crippen molar-refractivity contribution >= 4 is 0 Å².